The fourth-order valence-electron chi connectivity index (χ4n) is 4.47. The molecule has 0 spiro atoms. The Labute approximate surface area is 183 Å². The summed E-state index contributed by atoms with van der Waals surface area (Å²) in [6.45, 7) is 5.46. The summed E-state index contributed by atoms with van der Waals surface area (Å²) < 4.78 is 35.5. The maximum absolute atomic E-state index is 13.4. The number of amides is 1. The van der Waals surface area contributed by atoms with Gasteiger partial charge in [0.1, 0.15) is 4.90 Å². The Balaban J connectivity index is 1.42. The number of hydrogen-bond acceptors (Lipinski definition) is 5. The van der Waals surface area contributed by atoms with Gasteiger partial charge in [-0.05, 0) is 51.7 Å². The number of hydrogen-bond donors (Lipinski definition) is 1. The second-order valence-corrected chi connectivity index (χ2v) is 10.2. The molecule has 1 atom stereocenters. The van der Waals surface area contributed by atoms with Crippen LogP contribution in [0, 0.1) is 19.8 Å². The first-order valence-corrected chi connectivity index (χ1v) is 12.3. The molecule has 0 saturated carbocycles. The van der Waals surface area contributed by atoms with Crippen LogP contribution in [0.15, 0.2) is 35.2 Å². The van der Waals surface area contributed by atoms with Crippen LogP contribution in [0.3, 0.4) is 0 Å². The van der Waals surface area contributed by atoms with Gasteiger partial charge >= 0.3 is 0 Å². The number of carbonyl (C=O) groups is 1. The number of aryl methyl sites for hydroxylation is 1. The van der Waals surface area contributed by atoms with Gasteiger partial charge in [0.2, 0.25) is 15.9 Å². The van der Waals surface area contributed by atoms with Gasteiger partial charge in [-0.15, -0.1) is 0 Å². The number of para-hydroxylation sites is 1. The number of sulfonamides is 1. The highest BCUT2D eigenvalue weighted by Crippen LogP contribution is 2.29. The fraction of sp³-hybridized carbons (Fsp3) is 0.545. The summed E-state index contributed by atoms with van der Waals surface area (Å²) in [7, 11) is -3.69. The Hall–Kier alpha value is -2.23. The molecule has 9 heteroatoms. The number of carbonyl (C=O) groups excluding carboxylic acids is 1. The smallest absolute Gasteiger partial charge is 0.246 e. The van der Waals surface area contributed by atoms with Gasteiger partial charge in [-0.25, -0.2) is 13.1 Å². The molecule has 2 aliphatic heterocycles. The number of ether oxygens (including phenoxy) is 1. The van der Waals surface area contributed by atoms with E-state index in [9.17, 15) is 13.2 Å². The van der Waals surface area contributed by atoms with Crippen molar-refractivity contribution in [3.8, 4) is 5.69 Å². The SMILES string of the molecule is Cc1nn(-c2ccccc2)c(C)c1S(=O)(=O)N1CCC(C(=O)NC[C@@H]2CCCO2)CC1. The fourth-order valence-corrected chi connectivity index (χ4v) is 6.30. The minimum atomic E-state index is -3.69. The molecule has 0 unspecified atom stereocenters. The van der Waals surface area contributed by atoms with Crippen LogP contribution in [0.1, 0.15) is 37.1 Å². The number of rotatable bonds is 6. The van der Waals surface area contributed by atoms with Crippen LogP contribution >= 0.6 is 0 Å². The topological polar surface area (TPSA) is 93.5 Å². The average Bonchev–Trinajstić information content (AvgIpc) is 3.40. The van der Waals surface area contributed by atoms with E-state index in [0.29, 0.717) is 43.9 Å². The summed E-state index contributed by atoms with van der Waals surface area (Å²) in [6.07, 6.45) is 3.16. The van der Waals surface area contributed by atoms with Gasteiger partial charge in [0.25, 0.3) is 0 Å². The highest BCUT2D eigenvalue weighted by atomic mass is 32.2. The van der Waals surface area contributed by atoms with Gasteiger partial charge < -0.3 is 10.1 Å². The van der Waals surface area contributed by atoms with Crippen molar-refractivity contribution in [3.63, 3.8) is 0 Å². The van der Waals surface area contributed by atoms with Crippen molar-refractivity contribution in [2.75, 3.05) is 26.2 Å². The molecule has 2 saturated heterocycles. The molecular formula is C22H30N4O4S. The monoisotopic (exact) mass is 446 g/mol. The van der Waals surface area contributed by atoms with Gasteiger partial charge in [-0.3, -0.25) is 4.79 Å². The third-order valence-corrected chi connectivity index (χ3v) is 8.33. The summed E-state index contributed by atoms with van der Waals surface area (Å²) in [5, 5.41) is 7.46. The van der Waals surface area contributed by atoms with Gasteiger partial charge in [-0.2, -0.15) is 9.40 Å². The zero-order valence-electron chi connectivity index (χ0n) is 18.1. The molecule has 168 valence electrons. The second-order valence-electron chi connectivity index (χ2n) is 8.31. The van der Waals surface area contributed by atoms with Crippen LogP contribution in [0.2, 0.25) is 0 Å². The zero-order chi connectivity index (χ0) is 22.0. The first kappa shape index (κ1) is 22.0. The molecule has 1 N–H and O–H groups in total. The molecule has 0 aliphatic carbocycles. The molecule has 1 aromatic carbocycles. The van der Waals surface area contributed by atoms with Crippen molar-refractivity contribution in [2.45, 2.75) is 50.5 Å². The summed E-state index contributed by atoms with van der Waals surface area (Å²) in [4.78, 5) is 12.8. The summed E-state index contributed by atoms with van der Waals surface area (Å²) in [5.41, 5.74) is 1.91. The van der Waals surface area contributed by atoms with E-state index in [0.717, 1.165) is 25.1 Å². The lowest BCUT2D eigenvalue weighted by Gasteiger charge is -2.30. The van der Waals surface area contributed by atoms with Crippen molar-refractivity contribution in [3.05, 3.63) is 41.7 Å². The van der Waals surface area contributed by atoms with Crippen LogP contribution in [-0.4, -0.2) is 60.8 Å². The highest BCUT2D eigenvalue weighted by Gasteiger charge is 2.35. The third kappa shape index (κ3) is 4.53. The van der Waals surface area contributed by atoms with E-state index < -0.39 is 10.0 Å². The van der Waals surface area contributed by atoms with Gasteiger partial charge in [0.15, 0.2) is 0 Å². The first-order valence-electron chi connectivity index (χ1n) is 10.9. The van der Waals surface area contributed by atoms with Crippen LogP contribution in [0.4, 0.5) is 0 Å². The molecule has 8 nitrogen and oxygen atoms in total. The van der Waals surface area contributed by atoms with E-state index in [1.54, 1.807) is 18.5 Å². The maximum Gasteiger partial charge on any atom is 0.246 e. The lowest BCUT2D eigenvalue weighted by Crippen LogP contribution is -2.44. The Morgan fingerprint density at radius 3 is 2.52 bits per heavy atom. The minimum Gasteiger partial charge on any atom is -0.376 e. The summed E-state index contributed by atoms with van der Waals surface area (Å²) in [6, 6.07) is 9.50. The maximum atomic E-state index is 13.4. The van der Waals surface area contributed by atoms with Crippen molar-refractivity contribution < 1.29 is 17.9 Å². The largest absolute Gasteiger partial charge is 0.376 e. The molecule has 0 bridgehead atoms. The molecule has 4 rings (SSSR count). The van der Waals surface area contributed by atoms with Crippen LogP contribution in [0.25, 0.3) is 5.69 Å². The van der Waals surface area contributed by atoms with E-state index in [2.05, 4.69) is 10.4 Å². The van der Waals surface area contributed by atoms with E-state index >= 15 is 0 Å². The Morgan fingerprint density at radius 2 is 1.87 bits per heavy atom. The molecule has 0 radical (unpaired) electrons. The van der Waals surface area contributed by atoms with E-state index in [4.69, 9.17) is 4.74 Å². The standard InChI is InChI=1S/C22H30N4O4S/c1-16-21(17(2)26(24-16)19-7-4-3-5-8-19)31(28,29)25-12-10-18(11-13-25)22(27)23-15-20-9-6-14-30-20/h3-5,7-8,18,20H,6,9-15H2,1-2H3,(H,23,27)/t20-/m0/s1. The number of piperidine rings is 1. The predicted octanol–water partition coefficient (Wildman–Crippen LogP) is 2.19. The number of nitrogens with one attached hydrogen (secondary N) is 1. The van der Waals surface area contributed by atoms with Crippen molar-refractivity contribution in [1.29, 1.82) is 0 Å². The van der Waals surface area contributed by atoms with Gasteiger partial charge in [0.05, 0.1) is 23.2 Å². The average molecular weight is 447 g/mol. The minimum absolute atomic E-state index is 0.00296. The summed E-state index contributed by atoms with van der Waals surface area (Å²) >= 11 is 0. The third-order valence-electron chi connectivity index (χ3n) is 6.18. The van der Waals surface area contributed by atoms with E-state index in [-0.39, 0.29) is 22.8 Å². The van der Waals surface area contributed by atoms with Crippen molar-refractivity contribution in [1.82, 2.24) is 19.4 Å². The molecular weight excluding hydrogens is 416 g/mol. The molecule has 1 aromatic heterocycles. The quantitative estimate of drug-likeness (QED) is 0.734. The van der Waals surface area contributed by atoms with Crippen LogP contribution in [-0.2, 0) is 19.6 Å². The van der Waals surface area contributed by atoms with Crippen molar-refractivity contribution in [2.24, 2.45) is 5.92 Å². The second kappa shape index (κ2) is 9.10. The van der Waals surface area contributed by atoms with E-state index in [1.165, 1.54) is 4.31 Å². The Bertz CT molecular complexity index is 1020. The number of benzene rings is 1. The molecule has 2 aromatic rings. The van der Waals surface area contributed by atoms with E-state index in [1.807, 2.05) is 30.3 Å². The van der Waals surface area contributed by atoms with Gasteiger partial charge in [0, 0.05) is 32.2 Å². The lowest BCUT2D eigenvalue weighted by atomic mass is 9.97. The van der Waals surface area contributed by atoms with Crippen molar-refractivity contribution >= 4 is 15.9 Å². The molecule has 2 fully saturated rings. The van der Waals surface area contributed by atoms with Crippen LogP contribution in [0.5, 0.6) is 0 Å². The highest BCUT2D eigenvalue weighted by molar-refractivity contribution is 7.89. The first-order chi connectivity index (χ1) is 14.9. The van der Waals surface area contributed by atoms with Gasteiger partial charge in [-0.1, -0.05) is 18.2 Å². The molecule has 3 heterocycles. The molecule has 1 amide bonds. The lowest BCUT2D eigenvalue weighted by molar-refractivity contribution is -0.126. The predicted molar refractivity (Wildman–Crippen MR) is 117 cm³/mol. The van der Waals surface area contributed by atoms with Crippen LogP contribution < -0.4 is 5.32 Å². The normalized spacial score (nSPS) is 20.8. The summed E-state index contributed by atoms with van der Waals surface area (Å²) in [5.74, 6) is -0.168. The zero-order valence-corrected chi connectivity index (χ0v) is 18.9. The molecule has 31 heavy (non-hydrogen) atoms. The Kier molecular flexibility index (Phi) is 6.45. The Morgan fingerprint density at radius 1 is 1.16 bits per heavy atom. The number of aromatic nitrogens is 2. The molecule has 2 aliphatic rings. The number of nitrogens with zero attached hydrogens (tertiary/aromatic N) is 3.